The molecular weight excluding hydrogens is 308 g/mol. The highest BCUT2D eigenvalue weighted by atomic mass is 19.1. The molecular formula is C19H23F2N3. The minimum absolute atomic E-state index is 0.395. The van der Waals surface area contributed by atoms with E-state index in [1.54, 1.807) is 0 Å². The molecule has 24 heavy (non-hydrogen) atoms. The molecule has 0 spiro atoms. The van der Waals surface area contributed by atoms with Crippen LogP contribution in [0.5, 0.6) is 0 Å². The van der Waals surface area contributed by atoms with Crippen molar-refractivity contribution in [1.29, 1.82) is 0 Å². The molecule has 1 fully saturated rings. The Morgan fingerprint density at radius 3 is 2.54 bits per heavy atom. The Hall–Kier alpha value is -1.85. The van der Waals surface area contributed by atoms with Crippen LogP contribution in [0.25, 0.3) is 0 Å². The zero-order chi connectivity index (χ0) is 16.8. The van der Waals surface area contributed by atoms with E-state index in [2.05, 4.69) is 27.3 Å². The molecule has 128 valence electrons. The monoisotopic (exact) mass is 331 g/mol. The Balaban J connectivity index is 1.39. The number of nitrogens with one attached hydrogen (secondary N) is 1. The third-order valence-electron chi connectivity index (χ3n) is 4.65. The van der Waals surface area contributed by atoms with Crippen molar-refractivity contribution >= 4 is 0 Å². The molecule has 3 nitrogen and oxygen atoms in total. The first-order chi connectivity index (χ1) is 11.7. The number of hydrogen-bond acceptors (Lipinski definition) is 3. The Labute approximate surface area is 141 Å². The Bertz CT molecular complexity index is 640. The van der Waals surface area contributed by atoms with Crippen LogP contribution in [0.2, 0.25) is 0 Å². The molecule has 1 aliphatic rings. The summed E-state index contributed by atoms with van der Waals surface area (Å²) in [5.74, 6) is -1.00. The molecule has 3 rings (SSSR count). The van der Waals surface area contributed by atoms with Crippen LogP contribution >= 0.6 is 0 Å². The van der Waals surface area contributed by atoms with Crippen LogP contribution in [0.1, 0.15) is 24.0 Å². The number of hydrogen-bond donors (Lipinski definition) is 1. The molecule has 1 aromatic carbocycles. The molecule has 0 amide bonds. The summed E-state index contributed by atoms with van der Waals surface area (Å²) in [5.41, 5.74) is 1.84. The number of rotatable bonds is 6. The van der Waals surface area contributed by atoms with Crippen molar-refractivity contribution in [3.8, 4) is 0 Å². The van der Waals surface area contributed by atoms with Gasteiger partial charge in [0.15, 0.2) is 0 Å². The van der Waals surface area contributed by atoms with Gasteiger partial charge in [0, 0.05) is 43.2 Å². The fourth-order valence-electron chi connectivity index (χ4n) is 3.12. The molecule has 0 atom stereocenters. The SMILES string of the molecule is Fc1ccc(CNC2CCN(CCc3ccncc3)CC2)c(F)c1. The second-order valence-corrected chi connectivity index (χ2v) is 6.34. The lowest BCUT2D eigenvalue weighted by molar-refractivity contribution is 0.199. The van der Waals surface area contributed by atoms with Crippen LogP contribution in [0.15, 0.2) is 42.7 Å². The summed E-state index contributed by atoms with van der Waals surface area (Å²) >= 11 is 0. The smallest absolute Gasteiger partial charge is 0.130 e. The summed E-state index contributed by atoms with van der Waals surface area (Å²) in [4.78, 5) is 6.51. The second kappa shape index (κ2) is 8.31. The predicted octanol–water partition coefficient (Wildman–Crippen LogP) is 3.16. The largest absolute Gasteiger partial charge is 0.310 e. The fraction of sp³-hybridized carbons (Fsp3) is 0.421. The average molecular weight is 331 g/mol. The molecule has 1 aliphatic heterocycles. The first-order valence-electron chi connectivity index (χ1n) is 8.49. The minimum atomic E-state index is -0.529. The quantitative estimate of drug-likeness (QED) is 0.881. The fourth-order valence-corrected chi connectivity index (χ4v) is 3.12. The maximum absolute atomic E-state index is 13.6. The van der Waals surface area contributed by atoms with Gasteiger partial charge in [0.2, 0.25) is 0 Å². The zero-order valence-electron chi connectivity index (χ0n) is 13.7. The number of pyridine rings is 1. The van der Waals surface area contributed by atoms with Crippen molar-refractivity contribution < 1.29 is 8.78 Å². The van der Waals surface area contributed by atoms with Gasteiger partial charge in [0.05, 0.1) is 0 Å². The van der Waals surface area contributed by atoms with Gasteiger partial charge < -0.3 is 10.2 Å². The highest BCUT2D eigenvalue weighted by Gasteiger charge is 2.18. The van der Waals surface area contributed by atoms with Crippen LogP contribution in [0.3, 0.4) is 0 Å². The molecule has 0 radical (unpaired) electrons. The van der Waals surface area contributed by atoms with Crippen LogP contribution in [0.4, 0.5) is 8.78 Å². The van der Waals surface area contributed by atoms with E-state index in [4.69, 9.17) is 0 Å². The minimum Gasteiger partial charge on any atom is -0.310 e. The molecule has 2 heterocycles. The normalized spacial score (nSPS) is 16.4. The molecule has 0 bridgehead atoms. The lowest BCUT2D eigenvalue weighted by Crippen LogP contribution is -2.42. The van der Waals surface area contributed by atoms with Gasteiger partial charge in [0.1, 0.15) is 11.6 Å². The van der Waals surface area contributed by atoms with Crippen molar-refractivity contribution in [1.82, 2.24) is 15.2 Å². The summed E-state index contributed by atoms with van der Waals surface area (Å²) in [6.45, 7) is 3.61. The summed E-state index contributed by atoms with van der Waals surface area (Å²) in [6, 6.07) is 8.28. The van der Waals surface area contributed by atoms with E-state index >= 15 is 0 Å². The molecule has 0 saturated carbocycles. The van der Waals surface area contributed by atoms with Crippen molar-refractivity contribution in [3.63, 3.8) is 0 Å². The first-order valence-corrected chi connectivity index (χ1v) is 8.49. The molecule has 2 aromatic rings. The van der Waals surface area contributed by atoms with E-state index in [-0.39, 0.29) is 0 Å². The Morgan fingerprint density at radius 1 is 1.08 bits per heavy atom. The molecule has 5 heteroatoms. The van der Waals surface area contributed by atoms with Gasteiger partial charge >= 0.3 is 0 Å². The highest BCUT2D eigenvalue weighted by molar-refractivity contribution is 5.18. The Morgan fingerprint density at radius 2 is 1.83 bits per heavy atom. The van der Waals surface area contributed by atoms with Gasteiger partial charge in [-0.2, -0.15) is 0 Å². The molecule has 0 unspecified atom stereocenters. The average Bonchev–Trinajstić information content (AvgIpc) is 2.61. The maximum atomic E-state index is 13.6. The summed E-state index contributed by atoms with van der Waals surface area (Å²) in [6.07, 6.45) is 6.82. The zero-order valence-corrected chi connectivity index (χ0v) is 13.7. The summed E-state index contributed by atoms with van der Waals surface area (Å²) in [5, 5.41) is 3.40. The standard InChI is InChI=1S/C19H23F2N3/c20-17-2-1-16(19(21)13-17)14-23-18-6-11-24(12-7-18)10-5-15-3-8-22-9-4-15/h1-4,8-9,13,18,23H,5-7,10-12,14H2. The van der Waals surface area contributed by atoms with Crippen LogP contribution in [-0.4, -0.2) is 35.6 Å². The third-order valence-corrected chi connectivity index (χ3v) is 4.65. The Kier molecular flexibility index (Phi) is 5.88. The number of nitrogens with zero attached hydrogens (tertiary/aromatic N) is 2. The summed E-state index contributed by atoms with van der Waals surface area (Å²) < 4.78 is 26.5. The van der Waals surface area contributed by atoms with E-state index in [9.17, 15) is 8.78 Å². The first kappa shape index (κ1) is 17.0. The molecule has 1 saturated heterocycles. The third kappa shape index (κ3) is 4.82. The lowest BCUT2D eigenvalue weighted by Gasteiger charge is -2.32. The van der Waals surface area contributed by atoms with Crippen molar-refractivity contribution in [2.75, 3.05) is 19.6 Å². The van der Waals surface area contributed by atoms with Gasteiger partial charge in [-0.3, -0.25) is 4.98 Å². The molecule has 1 N–H and O–H groups in total. The second-order valence-electron chi connectivity index (χ2n) is 6.34. The van der Waals surface area contributed by atoms with E-state index in [0.717, 1.165) is 45.0 Å². The maximum Gasteiger partial charge on any atom is 0.130 e. The number of aromatic nitrogens is 1. The van der Waals surface area contributed by atoms with Crippen LogP contribution in [0, 0.1) is 11.6 Å². The highest BCUT2D eigenvalue weighted by Crippen LogP contribution is 2.14. The van der Waals surface area contributed by atoms with Crippen LogP contribution in [-0.2, 0) is 13.0 Å². The van der Waals surface area contributed by atoms with Gasteiger partial charge in [-0.25, -0.2) is 8.78 Å². The number of halogens is 2. The van der Waals surface area contributed by atoms with E-state index < -0.39 is 11.6 Å². The van der Waals surface area contributed by atoms with Gasteiger partial charge in [-0.1, -0.05) is 6.07 Å². The van der Waals surface area contributed by atoms with Gasteiger partial charge in [-0.05, 0) is 56.1 Å². The number of likely N-dealkylation sites (tertiary alicyclic amines) is 1. The van der Waals surface area contributed by atoms with E-state index in [1.807, 2.05) is 12.4 Å². The molecule has 1 aromatic heterocycles. The lowest BCUT2D eigenvalue weighted by atomic mass is 10.0. The van der Waals surface area contributed by atoms with E-state index in [0.29, 0.717) is 18.2 Å². The predicted molar refractivity (Wildman–Crippen MR) is 90.6 cm³/mol. The van der Waals surface area contributed by atoms with Crippen LogP contribution < -0.4 is 5.32 Å². The van der Waals surface area contributed by atoms with Crippen molar-refractivity contribution in [2.24, 2.45) is 0 Å². The van der Waals surface area contributed by atoms with Gasteiger partial charge in [0.25, 0.3) is 0 Å². The number of piperidine rings is 1. The van der Waals surface area contributed by atoms with E-state index in [1.165, 1.54) is 17.7 Å². The number of benzene rings is 1. The topological polar surface area (TPSA) is 28.2 Å². The van der Waals surface area contributed by atoms with Crippen molar-refractivity contribution in [3.05, 3.63) is 65.5 Å². The van der Waals surface area contributed by atoms with Crippen molar-refractivity contribution in [2.45, 2.75) is 31.8 Å². The van der Waals surface area contributed by atoms with Gasteiger partial charge in [-0.15, -0.1) is 0 Å². The molecule has 0 aliphatic carbocycles. The summed E-state index contributed by atoms with van der Waals surface area (Å²) in [7, 11) is 0.